The van der Waals surface area contributed by atoms with Crippen LogP contribution in [0.4, 0.5) is 0 Å². The average molecular weight is 305 g/mol. The molecule has 2 aromatic rings. The Bertz CT molecular complexity index is 526. The molecule has 0 saturated carbocycles. The van der Waals surface area contributed by atoms with E-state index in [0.29, 0.717) is 6.61 Å². The topological polar surface area (TPSA) is 30.5 Å². The lowest BCUT2D eigenvalue weighted by Crippen LogP contribution is -2.13. The first kappa shape index (κ1) is 15.9. The standard InChI is InChI=1S/C17H23NO2S/c1-3-9-18-13-14-6-7-16(17(12-14)19-2)20-10-8-15-5-4-11-21-15/h4-7,11-12,18H,3,8-10,13H2,1-2H3. The molecule has 0 aliphatic heterocycles. The molecular weight excluding hydrogens is 282 g/mol. The van der Waals surface area contributed by atoms with E-state index in [2.05, 4.69) is 35.8 Å². The van der Waals surface area contributed by atoms with Gasteiger partial charge in [0.1, 0.15) is 0 Å². The highest BCUT2D eigenvalue weighted by atomic mass is 32.1. The molecule has 3 nitrogen and oxygen atoms in total. The number of nitrogens with one attached hydrogen (secondary N) is 1. The van der Waals surface area contributed by atoms with Gasteiger partial charge in [0.15, 0.2) is 11.5 Å². The van der Waals surface area contributed by atoms with Crippen LogP contribution in [0, 0.1) is 0 Å². The van der Waals surface area contributed by atoms with Crippen molar-refractivity contribution < 1.29 is 9.47 Å². The Kier molecular flexibility index (Phi) is 6.57. The predicted octanol–water partition coefficient (Wildman–Crippen LogP) is 3.88. The summed E-state index contributed by atoms with van der Waals surface area (Å²) in [5.41, 5.74) is 1.21. The maximum Gasteiger partial charge on any atom is 0.161 e. The van der Waals surface area contributed by atoms with Gasteiger partial charge in [-0.3, -0.25) is 0 Å². The zero-order valence-electron chi connectivity index (χ0n) is 12.7. The molecule has 114 valence electrons. The van der Waals surface area contributed by atoms with Crippen molar-refractivity contribution in [2.45, 2.75) is 26.3 Å². The summed E-state index contributed by atoms with van der Waals surface area (Å²) in [7, 11) is 1.69. The first-order valence-electron chi connectivity index (χ1n) is 7.36. The van der Waals surface area contributed by atoms with E-state index in [0.717, 1.165) is 37.4 Å². The second-order valence-corrected chi connectivity index (χ2v) is 5.87. The maximum absolute atomic E-state index is 5.84. The summed E-state index contributed by atoms with van der Waals surface area (Å²) in [6.07, 6.45) is 2.07. The summed E-state index contributed by atoms with van der Waals surface area (Å²) in [5, 5.41) is 5.48. The molecule has 0 aliphatic rings. The summed E-state index contributed by atoms with van der Waals surface area (Å²) < 4.78 is 11.3. The summed E-state index contributed by atoms with van der Waals surface area (Å²) in [4.78, 5) is 1.34. The fourth-order valence-electron chi connectivity index (χ4n) is 2.07. The van der Waals surface area contributed by atoms with Crippen LogP contribution in [0.3, 0.4) is 0 Å². The van der Waals surface area contributed by atoms with Crippen molar-refractivity contribution in [2.24, 2.45) is 0 Å². The van der Waals surface area contributed by atoms with Crippen molar-refractivity contribution in [3.8, 4) is 11.5 Å². The van der Waals surface area contributed by atoms with Crippen molar-refractivity contribution >= 4 is 11.3 Å². The van der Waals surface area contributed by atoms with Crippen LogP contribution in [0.5, 0.6) is 11.5 Å². The van der Waals surface area contributed by atoms with Crippen LogP contribution in [0.15, 0.2) is 35.7 Å². The molecule has 0 saturated heterocycles. The zero-order valence-corrected chi connectivity index (χ0v) is 13.5. The van der Waals surface area contributed by atoms with E-state index < -0.39 is 0 Å². The van der Waals surface area contributed by atoms with E-state index in [-0.39, 0.29) is 0 Å². The Labute approximate surface area is 130 Å². The predicted molar refractivity (Wildman–Crippen MR) is 88.5 cm³/mol. The number of rotatable bonds is 9. The molecule has 0 fully saturated rings. The Morgan fingerprint density at radius 1 is 1.19 bits per heavy atom. The zero-order chi connectivity index (χ0) is 14.9. The van der Waals surface area contributed by atoms with Gasteiger partial charge in [-0.05, 0) is 42.1 Å². The minimum atomic E-state index is 0.671. The Hall–Kier alpha value is -1.52. The van der Waals surface area contributed by atoms with Crippen molar-refractivity contribution in [2.75, 3.05) is 20.3 Å². The molecule has 0 amide bonds. The fourth-order valence-corrected chi connectivity index (χ4v) is 2.76. The molecule has 0 atom stereocenters. The number of hydrogen-bond donors (Lipinski definition) is 1. The van der Waals surface area contributed by atoms with Gasteiger partial charge in [0.25, 0.3) is 0 Å². The highest BCUT2D eigenvalue weighted by Gasteiger charge is 2.06. The molecule has 4 heteroatoms. The fraction of sp³-hybridized carbons (Fsp3) is 0.412. The minimum Gasteiger partial charge on any atom is -0.493 e. The molecule has 1 aromatic heterocycles. The van der Waals surface area contributed by atoms with E-state index in [1.54, 1.807) is 18.4 Å². The Morgan fingerprint density at radius 3 is 2.81 bits per heavy atom. The lowest BCUT2D eigenvalue weighted by atomic mass is 10.2. The van der Waals surface area contributed by atoms with Gasteiger partial charge in [-0.2, -0.15) is 0 Å². The van der Waals surface area contributed by atoms with E-state index in [1.807, 2.05) is 12.1 Å². The van der Waals surface area contributed by atoms with Crippen LogP contribution in [-0.4, -0.2) is 20.3 Å². The quantitative estimate of drug-likeness (QED) is 0.713. The summed E-state index contributed by atoms with van der Waals surface area (Å²) >= 11 is 1.76. The number of thiophene rings is 1. The lowest BCUT2D eigenvalue weighted by Gasteiger charge is -2.12. The highest BCUT2D eigenvalue weighted by molar-refractivity contribution is 7.09. The molecule has 0 unspecified atom stereocenters. The monoisotopic (exact) mass is 305 g/mol. The largest absolute Gasteiger partial charge is 0.493 e. The van der Waals surface area contributed by atoms with E-state index in [9.17, 15) is 0 Å². The first-order valence-corrected chi connectivity index (χ1v) is 8.24. The average Bonchev–Trinajstić information content (AvgIpc) is 3.02. The molecule has 0 bridgehead atoms. The normalized spacial score (nSPS) is 10.6. The van der Waals surface area contributed by atoms with E-state index >= 15 is 0 Å². The van der Waals surface area contributed by atoms with E-state index in [1.165, 1.54) is 10.4 Å². The number of benzene rings is 1. The van der Waals surface area contributed by atoms with Gasteiger partial charge in [-0.1, -0.05) is 19.1 Å². The van der Waals surface area contributed by atoms with Crippen molar-refractivity contribution in [1.29, 1.82) is 0 Å². The van der Waals surface area contributed by atoms with Crippen LogP contribution >= 0.6 is 11.3 Å². The van der Waals surface area contributed by atoms with Crippen LogP contribution in [0.2, 0.25) is 0 Å². The summed E-state index contributed by atoms with van der Waals surface area (Å²) in [5.74, 6) is 1.62. The van der Waals surface area contributed by atoms with Crippen molar-refractivity contribution in [3.63, 3.8) is 0 Å². The second kappa shape index (κ2) is 8.70. The molecule has 2 rings (SSSR count). The molecular formula is C17H23NO2S. The minimum absolute atomic E-state index is 0.671. The highest BCUT2D eigenvalue weighted by Crippen LogP contribution is 2.28. The van der Waals surface area contributed by atoms with Gasteiger partial charge in [0.05, 0.1) is 13.7 Å². The lowest BCUT2D eigenvalue weighted by molar-refractivity contribution is 0.298. The van der Waals surface area contributed by atoms with Gasteiger partial charge in [0.2, 0.25) is 0 Å². The van der Waals surface area contributed by atoms with Gasteiger partial charge in [-0.15, -0.1) is 11.3 Å². The molecule has 1 aromatic carbocycles. The number of methoxy groups -OCH3 is 1. The molecule has 0 aliphatic carbocycles. The summed E-state index contributed by atoms with van der Waals surface area (Å²) in [6, 6.07) is 10.3. The van der Waals surface area contributed by atoms with Crippen molar-refractivity contribution in [1.82, 2.24) is 5.32 Å². The third-order valence-electron chi connectivity index (χ3n) is 3.17. The molecule has 1 N–H and O–H groups in total. The second-order valence-electron chi connectivity index (χ2n) is 4.84. The van der Waals surface area contributed by atoms with Crippen LogP contribution < -0.4 is 14.8 Å². The van der Waals surface area contributed by atoms with Gasteiger partial charge < -0.3 is 14.8 Å². The smallest absolute Gasteiger partial charge is 0.161 e. The summed E-state index contributed by atoms with van der Waals surface area (Å²) in [6.45, 7) is 4.73. The Balaban J connectivity index is 1.89. The van der Waals surface area contributed by atoms with Gasteiger partial charge >= 0.3 is 0 Å². The third-order valence-corrected chi connectivity index (χ3v) is 4.11. The third kappa shape index (κ3) is 5.06. The van der Waals surface area contributed by atoms with Gasteiger partial charge in [0, 0.05) is 17.8 Å². The van der Waals surface area contributed by atoms with E-state index in [4.69, 9.17) is 9.47 Å². The number of ether oxygens (including phenoxy) is 2. The molecule has 0 radical (unpaired) electrons. The Morgan fingerprint density at radius 2 is 2.10 bits per heavy atom. The SMILES string of the molecule is CCCNCc1ccc(OCCc2cccs2)c(OC)c1. The van der Waals surface area contributed by atoms with Crippen LogP contribution in [-0.2, 0) is 13.0 Å². The van der Waals surface area contributed by atoms with Crippen LogP contribution in [0.1, 0.15) is 23.8 Å². The van der Waals surface area contributed by atoms with Crippen LogP contribution in [0.25, 0.3) is 0 Å². The molecule has 0 spiro atoms. The van der Waals surface area contributed by atoms with Crippen molar-refractivity contribution in [3.05, 3.63) is 46.2 Å². The number of hydrogen-bond acceptors (Lipinski definition) is 4. The van der Waals surface area contributed by atoms with Gasteiger partial charge in [-0.25, -0.2) is 0 Å². The molecule has 1 heterocycles. The maximum atomic E-state index is 5.84. The first-order chi connectivity index (χ1) is 10.3. The molecule has 21 heavy (non-hydrogen) atoms.